The monoisotopic (exact) mass is 259 g/mol. The van der Waals surface area contributed by atoms with Gasteiger partial charge in [0.15, 0.2) is 0 Å². The van der Waals surface area contributed by atoms with Crippen LogP contribution < -0.4 is 11.3 Å². The first-order valence-corrected chi connectivity index (χ1v) is 6.57. The molecule has 0 aliphatic heterocycles. The Hall–Kier alpha value is -1.49. The van der Waals surface area contributed by atoms with E-state index in [0.717, 1.165) is 18.2 Å². The summed E-state index contributed by atoms with van der Waals surface area (Å²) in [4.78, 5) is 4.15. The van der Waals surface area contributed by atoms with E-state index in [2.05, 4.69) is 29.5 Å². The van der Waals surface area contributed by atoms with Gasteiger partial charge in [-0.15, -0.1) is 0 Å². The third kappa shape index (κ3) is 3.29. The van der Waals surface area contributed by atoms with Crippen LogP contribution in [0.1, 0.15) is 31.4 Å². The SMILES string of the molecule is COC(C)CCC(NN)c1cccc2cnccc12. The summed E-state index contributed by atoms with van der Waals surface area (Å²) in [5.41, 5.74) is 4.13. The fourth-order valence-corrected chi connectivity index (χ4v) is 2.30. The Bertz CT molecular complexity index is 524. The minimum atomic E-state index is 0.128. The van der Waals surface area contributed by atoms with Gasteiger partial charge in [-0.3, -0.25) is 16.3 Å². The van der Waals surface area contributed by atoms with Gasteiger partial charge >= 0.3 is 0 Å². The molecule has 0 aliphatic carbocycles. The number of methoxy groups -OCH3 is 1. The molecule has 4 nitrogen and oxygen atoms in total. The Balaban J connectivity index is 2.25. The maximum absolute atomic E-state index is 5.72. The van der Waals surface area contributed by atoms with Crippen molar-refractivity contribution in [2.75, 3.05) is 7.11 Å². The topological polar surface area (TPSA) is 60.2 Å². The van der Waals surface area contributed by atoms with Gasteiger partial charge in [0.2, 0.25) is 0 Å². The predicted octanol–water partition coefficient (Wildman–Crippen LogP) is 2.55. The molecule has 0 aliphatic rings. The maximum atomic E-state index is 5.72. The van der Waals surface area contributed by atoms with Crippen LogP contribution in [0.5, 0.6) is 0 Å². The molecule has 2 atom stereocenters. The fourth-order valence-electron chi connectivity index (χ4n) is 2.30. The molecule has 1 aromatic carbocycles. The molecule has 2 rings (SSSR count). The number of hydrogen-bond donors (Lipinski definition) is 2. The number of pyridine rings is 1. The standard InChI is InChI=1S/C15H21N3O/c1-11(19-2)6-7-15(18-16)14-5-3-4-12-10-17-9-8-13(12)14/h3-5,8-11,15,18H,6-7,16H2,1-2H3. The number of nitrogens with two attached hydrogens (primary N) is 1. The van der Waals surface area contributed by atoms with Crippen molar-refractivity contribution < 1.29 is 4.74 Å². The molecule has 3 N–H and O–H groups in total. The molecule has 0 amide bonds. The number of fused-ring (bicyclic) bond motifs is 1. The number of aromatic nitrogens is 1. The highest BCUT2D eigenvalue weighted by molar-refractivity contribution is 5.85. The smallest absolute Gasteiger partial charge is 0.0543 e. The van der Waals surface area contributed by atoms with Crippen LogP contribution in [0.3, 0.4) is 0 Å². The molecule has 19 heavy (non-hydrogen) atoms. The average molecular weight is 259 g/mol. The second-order valence-electron chi connectivity index (χ2n) is 4.79. The first-order valence-electron chi connectivity index (χ1n) is 6.57. The highest BCUT2D eigenvalue weighted by atomic mass is 16.5. The van der Waals surface area contributed by atoms with E-state index in [9.17, 15) is 0 Å². The quantitative estimate of drug-likeness (QED) is 0.618. The molecule has 2 aromatic rings. The van der Waals surface area contributed by atoms with Gasteiger partial charge < -0.3 is 4.74 Å². The van der Waals surface area contributed by atoms with E-state index in [-0.39, 0.29) is 12.1 Å². The molecule has 0 saturated heterocycles. The van der Waals surface area contributed by atoms with E-state index in [0.29, 0.717) is 0 Å². The zero-order chi connectivity index (χ0) is 13.7. The van der Waals surface area contributed by atoms with Crippen molar-refractivity contribution >= 4 is 10.8 Å². The van der Waals surface area contributed by atoms with Crippen molar-refractivity contribution in [1.29, 1.82) is 0 Å². The first-order chi connectivity index (χ1) is 9.26. The van der Waals surface area contributed by atoms with Crippen molar-refractivity contribution in [2.45, 2.75) is 31.9 Å². The fraction of sp³-hybridized carbons (Fsp3) is 0.400. The van der Waals surface area contributed by atoms with Gasteiger partial charge in [-0.1, -0.05) is 18.2 Å². The third-order valence-electron chi connectivity index (χ3n) is 3.56. The molecule has 102 valence electrons. The van der Waals surface area contributed by atoms with Gasteiger partial charge in [0.1, 0.15) is 0 Å². The summed E-state index contributed by atoms with van der Waals surface area (Å²) in [6.07, 6.45) is 5.84. The Kier molecular flexibility index (Phi) is 4.85. The molecule has 0 radical (unpaired) electrons. The van der Waals surface area contributed by atoms with Crippen LogP contribution in [-0.2, 0) is 4.74 Å². The van der Waals surface area contributed by atoms with Crippen LogP contribution in [0.25, 0.3) is 10.8 Å². The van der Waals surface area contributed by atoms with Crippen molar-refractivity contribution in [1.82, 2.24) is 10.4 Å². The lowest BCUT2D eigenvalue weighted by Crippen LogP contribution is -2.29. The van der Waals surface area contributed by atoms with Gasteiger partial charge in [0, 0.05) is 30.9 Å². The van der Waals surface area contributed by atoms with Crippen LogP contribution in [0, 0.1) is 0 Å². The van der Waals surface area contributed by atoms with Crippen molar-refractivity contribution in [3.63, 3.8) is 0 Å². The third-order valence-corrected chi connectivity index (χ3v) is 3.56. The number of benzene rings is 1. The Morgan fingerprint density at radius 1 is 1.32 bits per heavy atom. The summed E-state index contributed by atoms with van der Waals surface area (Å²) >= 11 is 0. The van der Waals surface area contributed by atoms with Crippen LogP contribution in [0.4, 0.5) is 0 Å². The molecule has 1 aromatic heterocycles. The number of hydrogen-bond acceptors (Lipinski definition) is 4. The Morgan fingerprint density at radius 2 is 2.16 bits per heavy atom. The number of rotatable bonds is 6. The summed E-state index contributed by atoms with van der Waals surface area (Å²) in [5, 5.41) is 2.34. The largest absolute Gasteiger partial charge is 0.382 e. The summed E-state index contributed by atoms with van der Waals surface area (Å²) < 4.78 is 5.29. The van der Waals surface area contributed by atoms with E-state index in [1.165, 1.54) is 10.9 Å². The van der Waals surface area contributed by atoms with E-state index in [4.69, 9.17) is 10.6 Å². The van der Waals surface area contributed by atoms with Gasteiger partial charge in [0.25, 0.3) is 0 Å². The first kappa shape index (κ1) is 13.9. The van der Waals surface area contributed by atoms with Crippen LogP contribution in [0.2, 0.25) is 0 Å². The van der Waals surface area contributed by atoms with E-state index < -0.39 is 0 Å². The predicted molar refractivity (Wildman–Crippen MR) is 77.5 cm³/mol. The van der Waals surface area contributed by atoms with Gasteiger partial charge in [0.05, 0.1) is 6.10 Å². The molecule has 0 fully saturated rings. The lowest BCUT2D eigenvalue weighted by molar-refractivity contribution is 0.106. The van der Waals surface area contributed by atoms with Crippen LogP contribution in [-0.4, -0.2) is 18.2 Å². The maximum Gasteiger partial charge on any atom is 0.0543 e. The lowest BCUT2D eigenvalue weighted by Gasteiger charge is -2.20. The summed E-state index contributed by atoms with van der Waals surface area (Å²) in [6, 6.07) is 8.39. The summed E-state index contributed by atoms with van der Waals surface area (Å²) in [6.45, 7) is 2.07. The number of ether oxygens (including phenoxy) is 1. The van der Waals surface area contributed by atoms with Crippen molar-refractivity contribution in [3.05, 3.63) is 42.2 Å². The second-order valence-corrected chi connectivity index (χ2v) is 4.79. The zero-order valence-corrected chi connectivity index (χ0v) is 11.5. The highest BCUT2D eigenvalue weighted by Gasteiger charge is 2.14. The minimum Gasteiger partial charge on any atom is -0.382 e. The van der Waals surface area contributed by atoms with Gasteiger partial charge in [-0.2, -0.15) is 0 Å². The molecule has 0 bridgehead atoms. The van der Waals surface area contributed by atoms with E-state index in [1.54, 1.807) is 7.11 Å². The molecule has 4 heteroatoms. The average Bonchev–Trinajstić information content (AvgIpc) is 2.47. The lowest BCUT2D eigenvalue weighted by atomic mass is 9.96. The van der Waals surface area contributed by atoms with Crippen LogP contribution in [0.15, 0.2) is 36.7 Å². The highest BCUT2D eigenvalue weighted by Crippen LogP contribution is 2.26. The Labute approximate surface area is 113 Å². The number of hydrazine groups is 1. The number of nitrogens with one attached hydrogen (secondary N) is 1. The zero-order valence-electron chi connectivity index (χ0n) is 11.5. The molecule has 0 spiro atoms. The summed E-state index contributed by atoms with van der Waals surface area (Å²) in [7, 11) is 1.74. The molecule has 1 heterocycles. The number of nitrogens with zero attached hydrogens (tertiary/aromatic N) is 1. The van der Waals surface area contributed by atoms with Crippen molar-refractivity contribution in [2.24, 2.45) is 5.84 Å². The Morgan fingerprint density at radius 3 is 2.89 bits per heavy atom. The normalized spacial score (nSPS) is 14.5. The van der Waals surface area contributed by atoms with Gasteiger partial charge in [-0.05, 0) is 36.8 Å². The van der Waals surface area contributed by atoms with Crippen LogP contribution >= 0.6 is 0 Å². The van der Waals surface area contributed by atoms with E-state index in [1.807, 2.05) is 24.5 Å². The molecule has 2 unspecified atom stereocenters. The van der Waals surface area contributed by atoms with E-state index >= 15 is 0 Å². The second kappa shape index (κ2) is 6.61. The molecular weight excluding hydrogens is 238 g/mol. The molecular formula is C15H21N3O. The van der Waals surface area contributed by atoms with Gasteiger partial charge in [-0.25, -0.2) is 0 Å². The minimum absolute atomic E-state index is 0.128. The summed E-state index contributed by atoms with van der Waals surface area (Å²) in [5.74, 6) is 5.72. The molecule has 0 saturated carbocycles. The van der Waals surface area contributed by atoms with Crippen molar-refractivity contribution in [3.8, 4) is 0 Å².